The van der Waals surface area contributed by atoms with Gasteiger partial charge in [-0.2, -0.15) is 0 Å². The third kappa shape index (κ3) is 2.30. The Bertz CT molecular complexity index is 522. The standard InChI is InChI=1S/C12H14FN3S/c1-7(14)11-10(16-12(15-2)17-11)8-5-3-4-6-9(8)13/h3-7H,14H2,1-2H3,(H,15,16). The summed E-state index contributed by atoms with van der Waals surface area (Å²) in [5, 5.41) is 3.71. The van der Waals surface area contributed by atoms with Crippen LogP contribution in [-0.4, -0.2) is 12.0 Å². The molecule has 0 bridgehead atoms. The molecule has 3 nitrogen and oxygen atoms in total. The van der Waals surface area contributed by atoms with E-state index in [0.717, 1.165) is 10.0 Å². The van der Waals surface area contributed by atoms with Crippen molar-refractivity contribution >= 4 is 16.5 Å². The number of benzene rings is 1. The molecule has 1 aromatic carbocycles. The second-order valence-corrected chi connectivity index (χ2v) is 4.78. The normalized spacial score (nSPS) is 12.5. The number of halogens is 1. The molecule has 0 fully saturated rings. The number of anilines is 1. The zero-order chi connectivity index (χ0) is 12.4. The maximum absolute atomic E-state index is 13.7. The summed E-state index contributed by atoms with van der Waals surface area (Å²) in [7, 11) is 1.79. The Morgan fingerprint density at radius 1 is 1.41 bits per heavy atom. The first-order valence-corrected chi connectivity index (χ1v) is 6.14. The van der Waals surface area contributed by atoms with Crippen molar-refractivity contribution in [1.82, 2.24) is 4.98 Å². The van der Waals surface area contributed by atoms with Crippen molar-refractivity contribution in [2.75, 3.05) is 12.4 Å². The fraction of sp³-hybridized carbons (Fsp3) is 0.250. The zero-order valence-corrected chi connectivity index (χ0v) is 10.5. The van der Waals surface area contributed by atoms with Gasteiger partial charge in [-0.1, -0.05) is 23.5 Å². The van der Waals surface area contributed by atoms with Gasteiger partial charge in [-0.3, -0.25) is 0 Å². The van der Waals surface area contributed by atoms with Crippen molar-refractivity contribution in [3.63, 3.8) is 0 Å². The number of nitrogens with two attached hydrogens (primary N) is 1. The van der Waals surface area contributed by atoms with Gasteiger partial charge in [0.05, 0.1) is 10.6 Å². The largest absolute Gasteiger partial charge is 0.365 e. The molecule has 0 saturated carbocycles. The Balaban J connectivity index is 2.58. The van der Waals surface area contributed by atoms with E-state index in [0.29, 0.717) is 11.3 Å². The third-order valence-electron chi connectivity index (χ3n) is 2.41. The Kier molecular flexibility index (Phi) is 3.40. The lowest BCUT2D eigenvalue weighted by Crippen LogP contribution is -2.04. The van der Waals surface area contributed by atoms with Crippen LogP contribution in [-0.2, 0) is 0 Å². The van der Waals surface area contributed by atoms with Crippen LogP contribution in [0.4, 0.5) is 9.52 Å². The van der Waals surface area contributed by atoms with E-state index in [1.54, 1.807) is 25.2 Å². The number of thiazole rings is 1. The number of hydrogen-bond acceptors (Lipinski definition) is 4. The van der Waals surface area contributed by atoms with E-state index in [4.69, 9.17) is 5.73 Å². The molecule has 90 valence electrons. The molecule has 3 N–H and O–H groups in total. The van der Waals surface area contributed by atoms with E-state index in [-0.39, 0.29) is 11.9 Å². The highest BCUT2D eigenvalue weighted by Gasteiger charge is 2.17. The van der Waals surface area contributed by atoms with E-state index >= 15 is 0 Å². The molecule has 0 aliphatic heterocycles. The highest BCUT2D eigenvalue weighted by Crippen LogP contribution is 2.35. The summed E-state index contributed by atoms with van der Waals surface area (Å²) < 4.78 is 13.7. The highest BCUT2D eigenvalue weighted by molar-refractivity contribution is 7.16. The van der Waals surface area contributed by atoms with Gasteiger partial charge in [0.25, 0.3) is 0 Å². The van der Waals surface area contributed by atoms with Crippen molar-refractivity contribution in [3.8, 4) is 11.3 Å². The predicted molar refractivity (Wildman–Crippen MR) is 69.7 cm³/mol. The molecule has 0 aliphatic rings. The summed E-state index contributed by atoms with van der Waals surface area (Å²) in [4.78, 5) is 5.26. The molecule has 1 heterocycles. The average Bonchev–Trinajstić information content (AvgIpc) is 2.73. The molecule has 0 radical (unpaired) electrons. The van der Waals surface area contributed by atoms with E-state index in [1.807, 2.05) is 6.92 Å². The third-order valence-corrected chi connectivity index (χ3v) is 3.68. The maximum Gasteiger partial charge on any atom is 0.183 e. The molecule has 0 aliphatic carbocycles. The summed E-state index contributed by atoms with van der Waals surface area (Å²) in [5.41, 5.74) is 7.02. The molecular weight excluding hydrogens is 237 g/mol. The van der Waals surface area contributed by atoms with Crippen LogP contribution in [0.3, 0.4) is 0 Å². The Hall–Kier alpha value is -1.46. The van der Waals surface area contributed by atoms with Gasteiger partial charge in [0.15, 0.2) is 5.13 Å². The maximum atomic E-state index is 13.7. The van der Waals surface area contributed by atoms with Crippen LogP contribution < -0.4 is 11.1 Å². The van der Waals surface area contributed by atoms with Gasteiger partial charge in [0.2, 0.25) is 0 Å². The first-order chi connectivity index (χ1) is 8.13. The lowest BCUT2D eigenvalue weighted by atomic mass is 10.1. The SMILES string of the molecule is CNc1nc(-c2ccccc2F)c(C(C)N)s1. The first-order valence-electron chi connectivity index (χ1n) is 5.32. The van der Waals surface area contributed by atoms with E-state index in [2.05, 4.69) is 10.3 Å². The van der Waals surface area contributed by atoms with Crippen LogP contribution in [0.5, 0.6) is 0 Å². The van der Waals surface area contributed by atoms with Gasteiger partial charge in [-0.15, -0.1) is 0 Å². The monoisotopic (exact) mass is 251 g/mol. The Morgan fingerprint density at radius 2 is 2.12 bits per heavy atom. The highest BCUT2D eigenvalue weighted by atomic mass is 32.1. The van der Waals surface area contributed by atoms with Gasteiger partial charge in [0, 0.05) is 18.7 Å². The minimum absolute atomic E-state index is 0.163. The lowest BCUT2D eigenvalue weighted by Gasteiger charge is -2.05. The number of aromatic nitrogens is 1. The summed E-state index contributed by atoms with van der Waals surface area (Å²) in [6.07, 6.45) is 0. The molecular formula is C12H14FN3S. The molecule has 0 spiro atoms. The van der Waals surface area contributed by atoms with Crippen molar-refractivity contribution in [2.24, 2.45) is 5.73 Å². The van der Waals surface area contributed by atoms with Crippen LogP contribution >= 0.6 is 11.3 Å². The molecule has 1 unspecified atom stereocenters. The van der Waals surface area contributed by atoms with Gasteiger partial charge in [-0.25, -0.2) is 9.37 Å². The summed E-state index contributed by atoms with van der Waals surface area (Å²) >= 11 is 1.46. The molecule has 17 heavy (non-hydrogen) atoms. The molecule has 2 aromatic rings. The van der Waals surface area contributed by atoms with Gasteiger partial charge in [-0.05, 0) is 19.1 Å². The lowest BCUT2D eigenvalue weighted by molar-refractivity contribution is 0.630. The fourth-order valence-electron chi connectivity index (χ4n) is 1.59. The molecule has 2 rings (SSSR count). The Labute approximate surface area is 103 Å². The van der Waals surface area contributed by atoms with Gasteiger partial charge in [0.1, 0.15) is 5.82 Å². The number of rotatable bonds is 3. The van der Waals surface area contributed by atoms with Gasteiger partial charge < -0.3 is 11.1 Å². The van der Waals surface area contributed by atoms with Crippen LogP contribution in [0.1, 0.15) is 17.8 Å². The first kappa shape index (κ1) is 12.0. The number of nitrogens with one attached hydrogen (secondary N) is 1. The summed E-state index contributed by atoms with van der Waals surface area (Å²) in [6.45, 7) is 1.87. The predicted octanol–water partition coefficient (Wildman–Crippen LogP) is 3.01. The summed E-state index contributed by atoms with van der Waals surface area (Å²) in [6, 6.07) is 6.44. The molecule has 1 atom stereocenters. The van der Waals surface area contributed by atoms with E-state index < -0.39 is 0 Å². The van der Waals surface area contributed by atoms with Crippen molar-refractivity contribution in [1.29, 1.82) is 0 Å². The van der Waals surface area contributed by atoms with E-state index in [9.17, 15) is 4.39 Å². The van der Waals surface area contributed by atoms with Crippen molar-refractivity contribution < 1.29 is 4.39 Å². The molecule has 1 aromatic heterocycles. The minimum atomic E-state index is -0.276. The molecule has 0 saturated heterocycles. The van der Waals surface area contributed by atoms with Crippen molar-refractivity contribution in [3.05, 3.63) is 35.0 Å². The van der Waals surface area contributed by atoms with Crippen LogP contribution in [0, 0.1) is 5.82 Å². The Morgan fingerprint density at radius 3 is 2.71 bits per heavy atom. The second kappa shape index (κ2) is 4.81. The number of nitrogens with zero attached hydrogens (tertiary/aromatic N) is 1. The summed E-state index contributed by atoms with van der Waals surface area (Å²) in [5.74, 6) is -0.276. The van der Waals surface area contributed by atoms with E-state index in [1.165, 1.54) is 17.4 Å². The van der Waals surface area contributed by atoms with Gasteiger partial charge >= 0.3 is 0 Å². The molecule has 0 amide bonds. The van der Waals surface area contributed by atoms with Crippen LogP contribution in [0.25, 0.3) is 11.3 Å². The smallest absolute Gasteiger partial charge is 0.183 e. The topological polar surface area (TPSA) is 50.9 Å². The van der Waals surface area contributed by atoms with Crippen molar-refractivity contribution in [2.45, 2.75) is 13.0 Å². The quantitative estimate of drug-likeness (QED) is 0.881. The van der Waals surface area contributed by atoms with Crippen LogP contribution in [0.15, 0.2) is 24.3 Å². The minimum Gasteiger partial charge on any atom is -0.365 e. The number of hydrogen-bond donors (Lipinski definition) is 2. The average molecular weight is 251 g/mol. The molecule has 5 heteroatoms. The van der Waals surface area contributed by atoms with Crippen LogP contribution in [0.2, 0.25) is 0 Å². The second-order valence-electron chi connectivity index (χ2n) is 3.75. The fourth-order valence-corrected chi connectivity index (χ4v) is 2.48. The zero-order valence-electron chi connectivity index (χ0n) is 9.70.